The van der Waals surface area contributed by atoms with Crippen LogP contribution >= 0.6 is 12.4 Å². The Morgan fingerprint density at radius 1 is 0.950 bits per heavy atom. The maximum absolute atomic E-state index is 12.0. The summed E-state index contributed by atoms with van der Waals surface area (Å²) in [7, 11) is 0. The Morgan fingerprint density at radius 2 is 1.45 bits per heavy atom. The van der Waals surface area contributed by atoms with Gasteiger partial charge in [0, 0.05) is 12.4 Å². The maximum atomic E-state index is 12.0. The van der Waals surface area contributed by atoms with Gasteiger partial charge in [0.15, 0.2) is 0 Å². The summed E-state index contributed by atoms with van der Waals surface area (Å²) in [4.78, 5) is 3.82. The molecule has 0 radical (unpaired) electrons. The molecule has 108 valence electrons. The fourth-order valence-corrected chi connectivity index (χ4v) is 1.59. The van der Waals surface area contributed by atoms with Gasteiger partial charge in [0.2, 0.25) is 0 Å². The molecule has 1 atom stereocenters. The lowest BCUT2D eigenvalue weighted by molar-refractivity contribution is -0.274. The molecule has 7 heteroatoms. The number of aliphatic hydroxyl groups excluding tert-OH is 1. The lowest BCUT2D eigenvalue weighted by Crippen LogP contribution is -2.17. The van der Waals surface area contributed by atoms with E-state index in [4.69, 9.17) is 0 Å². The molecule has 20 heavy (non-hydrogen) atoms. The first-order chi connectivity index (χ1) is 8.96. The van der Waals surface area contributed by atoms with Crippen molar-refractivity contribution in [2.24, 2.45) is 0 Å². The number of hydrogen-bond donors (Lipinski definition) is 1. The normalized spacial score (nSPS) is 12.4. The molecule has 1 aromatic heterocycles. The van der Waals surface area contributed by atoms with Gasteiger partial charge in [0.25, 0.3) is 0 Å². The third-order valence-corrected chi connectivity index (χ3v) is 2.45. The van der Waals surface area contributed by atoms with Gasteiger partial charge in [0.05, 0.1) is 0 Å². The van der Waals surface area contributed by atoms with Crippen LogP contribution in [-0.2, 0) is 0 Å². The summed E-state index contributed by atoms with van der Waals surface area (Å²) in [6.07, 6.45) is -2.58. The van der Waals surface area contributed by atoms with Crippen LogP contribution in [0.25, 0.3) is 0 Å². The van der Waals surface area contributed by atoms with Crippen LogP contribution in [0.5, 0.6) is 5.75 Å². The summed E-state index contributed by atoms with van der Waals surface area (Å²) >= 11 is 0. The molecule has 2 aromatic rings. The van der Waals surface area contributed by atoms with E-state index < -0.39 is 12.5 Å². The van der Waals surface area contributed by atoms with E-state index in [9.17, 15) is 18.3 Å². The van der Waals surface area contributed by atoms with Crippen LogP contribution in [0.3, 0.4) is 0 Å². The van der Waals surface area contributed by atoms with Crippen molar-refractivity contribution in [3.05, 3.63) is 59.9 Å². The molecule has 3 nitrogen and oxygen atoms in total. The predicted octanol–water partition coefficient (Wildman–Crippen LogP) is 3.48. The van der Waals surface area contributed by atoms with Crippen LogP contribution in [0.15, 0.2) is 48.8 Å². The van der Waals surface area contributed by atoms with Crippen molar-refractivity contribution in [3.63, 3.8) is 0 Å². The van der Waals surface area contributed by atoms with Crippen molar-refractivity contribution in [1.82, 2.24) is 4.98 Å². The summed E-state index contributed by atoms with van der Waals surface area (Å²) in [6, 6.07) is 8.34. The quantitative estimate of drug-likeness (QED) is 0.944. The van der Waals surface area contributed by atoms with Gasteiger partial charge in [-0.1, -0.05) is 12.1 Å². The van der Waals surface area contributed by atoms with E-state index in [-0.39, 0.29) is 18.2 Å². The molecule has 0 aliphatic rings. The lowest BCUT2D eigenvalue weighted by Gasteiger charge is -2.13. The highest BCUT2D eigenvalue weighted by molar-refractivity contribution is 5.85. The highest BCUT2D eigenvalue weighted by Crippen LogP contribution is 2.26. The summed E-state index contributed by atoms with van der Waals surface area (Å²) in [5.74, 6) is -0.321. The van der Waals surface area contributed by atoms with E-state index in [2.05, 4.69) is 9.72 Å². The zero-order valence-corrected chi connectivity index (χ0v) is 10.9. The van der Waals surface area contributed by atoms with E-state index >= 15 is 0 Å². The minimum Gasteiger partial charge on any atom is -0.406 e. The van der Waals surface area contributed by atoms with Crippen molar-refractivity contribution in [2.75, 3.05) is 0 Å². The Balaban J connectivity index is 0.00000200. The van der Waals surface area contributed by atoms with Gasteiger partial charge >= 0.3 is 6.36 Å². The molecule has 0 aliphatic carbocycles. The largest absolute Gasteiger partial charge is 0.573 e. The molecule has 0 saturated heterocycles. The van der Waals surface area contributed by atoms with Crippen molar-refractivity contribution >= 4 is 12.4 Å². The van der Waals surface area contributed by atoms with Crippen molar-refractivity contribution in [1.29, 1.82) is 0 Å². The van der Waals surface area contributed by atoms with Crippen LogP contribution in [0, 0.1) is 0 Å². The molecular formula is C13H11ClF3NO2. The second-order valence-electron chi connectivity index (χ2n) is 3.80. The van der Waals surface area contributed by atoms with Crippen LogP contribution in [0.1, 0.15) is 17.2 Å². The zero-order chi connectivity index (χ0) is 13.9. The number of rotatable bonds is 3. The van der Waals surface area contributed by atoms with E-state index in [1.54, 1.807) is 12.1 Å². The first-order valence-corrected chi connectivity index (χ1v) is 5.39. The summed E-state index contributed by atoms with van der Waals surface area (Å²) < 4.78 is 39.7. The smallest absolute Gasteiger partial charge is 0.406 e. The molecule has 1 unspecified atom stereocenters. The summed E-state index contributed by atoms with van der Waals surface area (Å²) in [6.45, 7) is 0. The van der Waals surface area contributed by atoms with Crippen LogP contribution in [0.4, 0.5) is 13.2 Å². The van der Waals surface area contributed by atoms with Crippen molar-refractivity contribution in [3.8, 4) is 5.75 Å². The molecule has 2 rings (SSSR count). The monoisotopic (exact) mass is 305 g/mol. The van der Waals surface area contributed by atoms with E-state index in [1.807, 2.05) is 0 Å². The fourth-order valence-electron chi connectivity index (χ4n) is 1.59. The van der Waals surface area contributed by atoms with Gasteiger partial charge < -0.3 is 9.84 Å². The Morgan fingerprint density at radius 3 is 1.95 bits per heavy atom. The van der Waals surface area contributed by atoms with Gasteiger partial charge in [0.1, 0.15) is 11.9 Å². The predicted molar refractivity (Wildman–Crippen MR) is 68.7 cm³/mol. The second kappa shape index (κ2) is 6.58. The molecule has 0 saturated carbocycles. The van der Waals surface area contributed by atoms with Gasteiger partial charge in [-0.05, 0) is 35.4 Å². The summed E-state index contributed by atoms with van der Waals surface area (Å²) in [5.41, 5.74) is 1.08. The number of pyridine rings is 1. The molecular weight excluding hydrogens is 295 g/mol. The second-order valence-corrected chi connectivity index (χ2v) is 3.80. The Bertz CT molecular complexity index is 532. The Labute approximate surface area is 119 Å². The Hall–Kier alpha value is -1.79. The molecule has 0 aliphatic heterocycles. The minimum atomic E-state index is -4.72. The van der Waals surface area contributed by atoms with Gasteiger partial charge in [-0.25, -0.2) is 0 Å². The molecule has 0 fully saturated rings. The zero-order valence-electron chi connectivity index (χ0n) is 10.0. The minimum absolute atomic E-state index is 0. The number of alkyl halides is 3. The molecule has 1 N–H and O–H groups in total. The van der Waals surface area contributed by atoms with Crippen LogP contribution in [-0.4, -0.2) is 16.5 Å². The third kappa shape index (κ3) is 4.40. The van der Waals surface area contributed by atoms with Gasteiger partial charge in [-0.2, -0.15) is 0 Å². The van der Waals surface area contributed by atoms with Gasteiger partial charge in [-0.15, -0.1) is 25.6 Å². The highest BCUT2D eigenvalue weighted by Gasteiger charge is 2.31. The summed E-state index contributed by atoms with van der Waals surface area (Å²) in [5, 5.41) is 10.0. The standard InChI is InChI=1S/C13H10F3NO2.ClH/c14-13(15,16)19-11-3-1-9(2-4-11)12(18)10-5-7-17-8-6-10;/h1-8,12,18H;1H. The fraction of sp³-hybridized carbons (Fsp3) is 0.154. The highest BCUT2D eigenvalue weighted by atomic mass is 35.5. The van der Waals surface area contributed by atoms with Crippen LogP contribution < -0.4 is 4.74 Å². The maximum Gasteiger partial charge on any atom is 0.573 e. The van der Waals surface area contributed by atoms with E-state index in [1.165, 1.54) is 24.5 Å². The lowest BCUT2D eigenvalue weighted by atomic mass is 10.0. The van der Waals surface area contributed by atoms with E-state index in [0.717, 1.165) is 12.1 Å². The number of halogens is 4. The number of hydrogen-bond acceptors (Lipinski definition) is 3. The molecule has 0 spiro atoms. The number of benzene rings is 1. The average molecular weight is 306 g/mol. The van der Waals surface area contributed by atoms with Crippen LogP contribution in [0.2, 0.25) is 0 Å². The molecule has 1 heterocycles. The Kier molecular flexibility index (Phi) is 5.35. The number of aliphatic hydroxyl groups is 1. The molecule has 1 aromatic carbocycles. The molecule has 0 bridgehead atoms. The topological polar surface area (TPSA) is 42.4 Å². The first kappa shape index (κ1) is 16.3. The number of ether oxygens (including phenoxy) is 1. The van der Waals surface area contributed by atoms with Gasteiger partial charge in [-0.3, -0.25) is 4.98 Å². The van der Waals surface area contributed by atoms with Crippen molar-refractivity contribution < 1.29 is 23.0 Å². The number of aromatic nitrogens is 1. The number of nitrogens with zero attached hydrogens (tertiary/aromatic N) is 1. The molecule has 0 amide bonds. The third-order valence-electron chi connectivity index (χ3n) is 2.45. The van der Waals surface area contributed by atoms with E-state index in [0.29, 0.717) is 11.1 Å². The average Bonchev–Trinajstić information content (AvgIpc) is 2.38. The van der Waals surface area contributed by atoms with Crippen molar-refractivity contribution in [2.45, 2.75) is 12.5 Å². The SMILES string of the molecule is Cl.OC(c1ccncc1)c1ccc(OC(F)(F)F)cc1. The first-order valence-electron chi connectivity index (χ1n) is 5.39.